The lowest BCUT2D eigenvalue weighted by Crippen LogP contribution is -2.30. The van der Waals surface area contributed by atoms with Gasteiger partial charge in [0.25, 0.3) is 5.91 Å². The minimum absolute atomic E-state index is 0.206. The van der Waals surface area contributed by atoms with Gasteiger partial charge in [-0.3, -0.25) is 4.79 Å². The number of carbonyl (C=O) groups is 1. The number of carbonyl (C=O) groups excluding carboxylic acids is 1. The quantitative estimate of drug-likeness (QED) is 0.849. The second kappa shape index (κ2) is 7.79. The zero-order chi connectivity index (χ0) is 17.8. The van der Waals surface area contributed by atoms with E-state index in [0.29, 0.717) is 10.8 Å². The number of amides is 1. The van der Waals surface area contributed by atoms with E-state index < -0.39 is 6.10 Å². The molecule has 0 aromatic heterocycles. The Bertz CT molecular complexity index is 733. The predicted octanol–water partition coefficient (Wildman–Crippen LogP) is 4.59. The molecule has 3 rings (SSSR count). The van der Waals surface area contributed by atoms with E-state index in [4.69, 9.17) is 16.3 Å². The third-order valence-electron chi connectivity index (χ3n) is 4.43. The second-order valence-corrected chi connectivity index (χ2v) is 6.97. The molecule has 2 atom stereocenters. The summed E-state index contributed by atoms with van der Waals surface area (Å²) in [6, 6.07) is 15.1. The Hall–Kier alpha value is -2.20. The van der Waals surface area contributed by atoms with Gasteiger partial charge in [0.15, 0.2) is 6.10 Å². The number of hydrogen-bond donors (Lipinski definition) is 1. The summed E-state index contributed by atoms with van der Waals surface area (Å²) in [6.45, 7) is 6.16. The molecule has 0 radical (unpaired) electrons. The standard InChI is InChI=1S/C20H23ClN2O2/c1-14-11-12-23(13-14)17-9-7-16(8-10-17)22-20(24)15(2)25-19-6-4-3-5-18(19)21/h3-10,14-15H,11-13H2,1-2H3,(H,22,24). The van der Waals surface area contributed by atoms with E-state index in [1.807, 2.05) is 36.4 Å². The van der Waals surface area contributed by atoms with Crippen LogP contribution in [-0.2, 0) is 4.79 Å². The first-order valence-electron chi connectivity index (χ1n) is 8.60. The summed E-state index contributed by atoms with van der Waals surface area (Å²) in [4.78, 5) is 14.7. The van der Waals surface area contributed by atoms with Gasteiger partial charge in [0.2, 0.25) is 0 Å². The van der Waals surface area contributed by atoms with Crippen molar-refractivity contribution in [3.8, 4) is 5.75 Å². The van der Waals surface area contributed by atoms with Gasteiger partial charge in [-0.15, -0.1) is 0 Å². The summed E-state index contributed by atoms with van der Waals surface area (Å²) in [5.74, 6) is 1.04. The molecule has 0 aliphatic carbocycles. The fourth-order valence-electron chi connectivity index (χ4n) is 2.95. The van der Waals surface area contributed by atoms with Crippen LogP contribution in [0.15, 0.2) is 48.5 Å². The van der Waals surface area contributed by atoms with Gasteiger partial charge in [-0.05, 0) is 55.7 Å². The summed E-state index contributed by atoms with van der Waals surface area (Å²) < 4.78 is 5.64. The Kier molecular flexibility index (Phi) is 5.49. The lowest BCUT2D eigenvalue weighted by atomic mass is 10.2. The fourth-order valence-corrected chi connectivity index (χ4v) is 3.13. The highest BCUT2D eigenvalue weighted by Gasteiger charge is 2.19. The van der Waals surface area contributed by atoms with E-state index in [0.717, 1.165) is 24.7 Å². The van der Waals surface area contributed by atoms with Crippen LogP contribution in [0.3, 0.4) is 0 Å². The van der Waals surface area contributed by atoms with Crippen molar-refractivity contribution in [1.82, 2.24) is 0 Å². The van der Waals surface area contributed by atoms with Crippen molar-refractivity contribution < 1.29 is 9.53 Å². The number of nitrogens with zero attached hydrogens (tertiary/aromatic N) is 1. The van der Waals surface area contributed by atoms with Gasteiger partial charge in [0, 0.05) is 24.5 Å². The van der Waals surface area contributed by atoms with Crippen molar-refractivity contribution >= 4 is 28.9 Å². The minimum Gasteiger partial charge on any atom is -0.479 e. The molecule has 132 valence electrons. The third kappa shape index (κ3) is 4.45. The molecule has 1 aliphatic heterocycles. The van der Waals surface area contributed by atoms with Gasteiger partial charge in [-0.1, -0.05) is 30.7 Å². The molecule has 2 aromatic rings. The van der Waals surface area contributed by atoms with Crippen molar-refractivity contribution in [2.45, 2.75) is 26.4 Å². The molecule has 1 saturated heterocycles. The lowest BCUT2D eigenvalue weighted by molar-refractivity contribution is -0.122. The molecular weight excluding hydrogens is 336 g/mol. The molecular formula is C20H23ClN2O2. The summed E-state index contributed by atoms with van der Waals surface area (Å²) >= 11 is 6.06. The topological polar surface area (TPSA) is 41.6 Å². The van der Waals surface area contributed by atoms with Crippen LogP contribution in [0.1, 0.15) is 20.3 Å². The van der Waals surface area contributed by atoms with Crippen LogP contribution in [0.4, 0.5) is 11.4 Å². The van der Waals surface area contributed by atoms with Crippen molar-refractivity contribution in [3.63, 3.8) is 0 Å². The first-order valence-corrected chi connectivity index (χ1v) is 8.98. The Morgan fingerprint density at radius 1 is 1.24 bits per heavy atom. The predicted molar refractivity (Wildman–Crippen MR) is 103 cm³/mol. The molecule has 5 heteroatoms. The van der Waals surface area contributed by atoms with Crippen LogP contribution in [-0.4, -0.2) is 25.1 Å². The summed E-state index contributed by atoms with van der Waals surface area (Å²) in [7, 11) is 0. The first kappa shape index (κ1) is 17.6. The van der Waals surface area contributed by atoms with Gasteiger partial charge in [0.1, 0.15) is 5.75 Å². The molecule has 2 aromatic carbocycles. The maximum atomic E-state index is 12.3. The molecule has 1 amide bonds. The van der Waals surface area contributed by atoms with Crippen LogP contribution in [0.2, 0.25) is 5.02 Å². The fraction of sp³-hybridized carbons (Fsp3) is 0.350. The normalized spacial score (nSPS) is 18.0. The summed E-state index contributed by atoms with van der Waals surface area (Å²) in [5.41, 5.74) is 1.96. The molecule has 1 N–H and O–H groups in total. The van der Waals surface area contributed by atoms with E-state index in [1.165, 1.54) is 12.1 Å². The van der Waals surface area contributed by atoms with E-state index in [1.54, 1.807) is 19.1 Å². The Morgan fingerprint density at radius 2 is 1.96 bits per heavy atom. The first-order chi connectivity index (χ1) is 12.0. The van der Waals surface area contributed by atoms with Crippen LogP contribution in [0, 0.1) is 5.92 Å². The van der Waals surface area contributed by atoms with Gasteiger partial charge in [-0.25, -0.2) is 0 Å². The van der Waals surface area contributed by atoms with Crippen molar-refractivity contribution in [2.75, 3.05) is 23.3 Å². The molecule has 0 spiro atoms. The highest BCUT2D eigenvalue weighted by atomic mass is 35.5. The number of halogens is 1. The largest absolute Gasteiger partial charge is 0.479 e. The van der Waals surface area contributed by atoms with Gasteiger partial charge in [0.05, 0.1) is 5.02 Å². The van der Waals surface area contributed by atoms with Gasteiger partial charge >= 0.3 is 0 Å². The van der Waals surface area contributed by atoms with E-state index in [-0.39, 0.29) is 5.91 Å². The Morgan fingerprint density at radius 3 is 2.60 bits per heavy atom. The van der Waals surface area contributed by atoms with E-state index in [2.05, 4.69) is 17.1 Å². The molecule has 25 heavy (non-hydrogen) atoms. The zero-order valence-electron chi connectivity index (χ0n) is 14.5. The van der Waals surface area contributed by atoms with Crippen LogP contribution in [0.5, 0.6) is 5.75 Å². The number of anilines is 2. The highest BCUT2D eigenvalue weighted by molar-refractivity contribution is 6.32. The summed E-state index contributed by atoms with van der Waals surface area (Å²) in [6.07, 6.45) is 0.592. The van der Waals surface area contributed by atoms with Crippen LogP contribution >= 0.6 is 11.6 Å². The monoisotopic (exact) mass is 358 g/mol. The molecule has 0 bridgehead atoms. The molecule has 2 unspecified atom stereocenters. The number of para-hydroxylation sites is 1. The molecule has 1 aliphatic rings. The second-order valence-electron chi connectivity index (χ2n) is 6.57. The van der Waals surface area contributed by atoms with E-state index >= 15 is 0 Å². The molecule has 4 nitrogen and oxygen atoms in total. The Balaban J connectivity index is 1.58. The van der Waals surface area contributed by atoms with Crippen LogP contribution < -0.4 is 15.0 Å². The van der Waals surface area contributed by atoms with Crippen LogP contribution in [0.25, 0.3) is 0 Å². The lowest BCUT2D eigenvalue weighted by Gasteiger charge is -2.19. The number of nitrogens with one attached hydrogen (secondary N) is 1. The molecule has 1 heterocycles. The third-order valence-corrected chi connectivity index (χ3v) is 4.75. The number of rotatable bonds is 5. The average molecular weight is 359 g/mol. The van der Waals surface area contributed by atoms with Gasteiger partial charge < -0.3 is 15.0 Å². The zero-order valence-corrected chi connectivity index (χ0v) is 15.3. The number of hydrogen-bond acceptors (Lipinski definition) is 3. The average Bonchev–Trinajstić information content (AvgIpc) is 3.04. The maximum Gasteiger partial charge on any atom is 0.265 e. The SMILES string of the molecule is CC1CCN(c2ccc(NC(=O)C(C)Oc3ccccc3Cl)cc2)C1. The number of benzene rings is 2. The smallest absolute Gasteiger partial charge is 0.265 e. The minimum atomic E-state index is -0.640. The summed E-state index contributed by atoms with van der Waals surface area (Å²) in [5, 5.41) is 3.37. The van der Waals surface area contributed by atoms with Crippen molar-refractivity contribution in [1.29, 1.82) is 0 Å². The van der Waals surface area contributed by atoms with Crippen molar-refractivity contribution in [3.05, 3.63) is 53.6 Å². The Labute approximate surface area is 153 Å². The number of ether oxygens (including phenoxy) is 1. The molecule has 0 saturated carbocycles. The van der Waals surface area contributed by atoms with E-state index in [9.17, 15) is 4.79 Å². The van der Waals surface area contributed by atoms with Gasteiger partial charge in [-0.2, -0.15) is 0 Å². The highest BCUT2D eigenvalue weighted by Crippen LogP contribution is 2.26. The molecule has 1 fully saturated rings. The van der Waals surface area contributed by atoms with Crippen molar-refractivity contribution in [2.24, 2.45) is 5.92 Å². The maximum absolute atomic E-state index is 12.3.